The summed E-state index contributed by atoms with van der Waals surface area (Å²) >= 11 is 2.74. The van der Waals surface area contributed by atoms with Crippen LogP contribution >= 0.6 is 23.1 Å². The minimum atomic E-state index is -0.545. The minimum Gasteiger partial charge on any atom is -0.287 e. The molecule has 0 saturated carbocycles. The summed E-state index contributed by atoms with van der Waals surface area (Å²) in [5.41, 5.74) is 0.969. The van der Waals surface area contributed by atoms with E-state index in [1.165, 1.54) is 10.4 Å². The van der Waals surface area contributed by atoms with Crippen LogP contribution < -0.4 is 5.56 Å². The van der Waals surface area contributed by atoms with E-state index >= 15 is 0 Å². The normalized spacial score (nSPS) is 13.7. The number of nitrogens with zero attached hydrogens (tertiary/aromatic N) is 5. The number of aryl methyl sites for hydroxylation is 2. The van der Waals surface area contributed by atoms with E-state index in [1.54, 1.807) is 15.9 Å². The Hall–Kier alpha value is -2.33. The number of thiophene rings is 1. The number of aromatic nitrogens is 4. The van der Waals surface area contributed by atoms with E-state index in [0.29, 0.717) is 16.9 Å². The Labute approximate surface area is 156 Å². The van der Waals surface area contributed by atoms with Gasteiger partial charge in [0.05, 0.1) is 10.3 Å². The van der Waals surface area contributed by atoms with Crippen molar-refractivity contribution in [3.8, 4) is 0 Å². The molecule has 0 radical (unpaired) electrons. The van der Waals surface area contributed by atoms with Gasteiger partial charge >= 0.3 is 5.69 Å². The summed E-state index contributed by atoms with van der Waals surface area (Å²) in [6.45, 7) is 2.39. The first-order valence-corrected chi connectivity index (χ1v) is 9.91. The van der Waals surface area contributed by atoms with Gasteiger partial charge < -0.3 is 0 Å². The molecule has 3 aromatic heterocycles. The lowest BCUT2D eigenvalue weighted by atomic mass is 9.97. The van der Waals surface area contributed by atoms with Crippen LogP contribution in [0.2, 0.25) is 0 Å². The van der Waals surface area contributed by atoms with Gasteiger partial charge in [0.2, 0.25) is 0 Å². The van der Waals surface area contributed by atoms with Crippen LogP contribution in [-0.2, 0) is 19.4 Å². The Morgan fingerprint density at radius 3 is 2.73 bits per heavy atom. The zero-order valence-corrected chi connectivity index (χ0v) is 15.6. The van der Waals surface area contributed by atoms with Crippen LogP contribution in [0, 0.1) is 10.1 Å². The second-order valence-electron chi connectivity index (χ2n) is 5.92. The first-order valence-electron chi connectivity index (χ1n) is 8.28. The second kappa shape index (κ2) is 6.76. The van der Waals surface area contributed by atoms with Crippen LogP contribution in [0.1, 0.15) is 30.2 Å². The molecule has 3 heterocycles. The van der Waals surface area contributed by atoms with Gasteiger partial charge in [0, 0.05) is 11.4 Å². The predicted octanol–water partition coefficient (Wildman–Crippen LogP) is 3.21. The molecule has 1 aliphatic rings. The third kappa shape index (κ3) is 2.88. The topological polar surface area (TPSA) is 104 Å². The molecule has 0 N–H and O–H groups in total. The van der Waals surface area contributed by atoms with Crippen molar-refractivity contribution in [3.05, 3.63) is 43.3 Å². The number of nitro groups is 1. The third-order valence-electron chi connectivity index (χ3n) is 4.36. The Kier molecular flexibility index (Phi) is 4.45. The van der Waals surface area contributed by atoms with Crippen LogP contribution in [0.3, 0.4) is 0 Å². The molecule has 8 nitrogen and oxygen atoms in total. The van der Waals surface area contributed by atoms with E-state index < -0.39 is 4.92 Å². The van der Waals surface area contributed by atoms with Gasteiger partial charge in [-0.1, -0.05) is 0 Å². The Bertz CT molecular complexity index is 1060. The fraction of sp³-hybridized carbons (Fsp3) is 0.375. The average Bonchev–Trinajstić information content (AvgIpc) is 3.01. The third-order valence-corrected chi connectivity index (χ3v) is 6.44. The molecule has 0 spiro atoms. The van der Waals surface area contributed by atoms with E-state index in [1.807, 2.05) is 6.92 Å². The van der Waals surface area contributed by atoms with Crippen LogP contribution in [0.4, 0.5) is 5.69 Å². The summed E-state index contributed by atoms with van der Waals surface area (Å²) < 4.78 is 1.62. The lowest BCUT2D eigenvalue weighted by molar-refractivity contribution is -0.385. The van der Waals surface area contributed by atoms with E-state index in [2.05, 4.69) is 9.97 Å². The van der Waals surface area contributed by atoms with Gasteiger partial charge in [0.1, 0.15) is 17.2 Å². The maximum Gasteiger partial charge on any atom is 0.305 e. The van der Waals surface area contributed by atoms with E-state index in [-0.39, 0.29) is 11.2 Å². The highest BCUT2D eigenvalue weighted by molar-refractivity contribution is 7.99. The van der Waals surface area contributed by atoms with Crippen molar-refractivity contribution in [2.24, 2.45) is 0 Å². The lowest BCUT2D eigenvalue weighted by Gasteiger charge is -2.11. The summed E-state index contributed by atoms with van der Waals surface area (Å²) in [5, 5.41) is 12.3. The molecule has 3 aromatic rings. The van der Waals surface area contributed by atoms with Crippen molar-refractivity contribution in [2.45, 2.75) is 49.5 Å². The zero-order chi connectivity index (χ0) is 18.3. The molecule has 0 unspecified atom stereocenters. The maximum atomic E-state index is 13.0. The van der Waals surface area contributed by atoms with Gasteiger partial charge in [0.15, 0.2) is 10.3 Å². The van der Waals surface area contributed by atoms with E-state index in [9.17, 15) is 14.9 Å². The van der Waals surface area contributed by atoms with E-state index in [0.717, 1.165) is 60.1 Å². The predicted molar refractivity (Wildman–Crippen MR) is 99.0 cm³/mol. The van der Waals surface area contributed by atoms with E-state index in [4.69, 9.17) is 4.98 Å². The highest BCUT2D eigenvalue weighted by Gasteiger charge is 2.22. The second-order valence-corrected chi connectivity index (χ2v) is 7.94. The van der Waals surface area contributed by atoms with Crippen LogP contribution in [-0.4, -0.2) is 24.4 Å². The number of fused-ring (bicyclic) bond motifs is 3. The molecule has 10 heteroatoms. The molecule has 0 aromatic carbocycles. The van der Waals surface area contributed by atoms with Crippen molar-refractivity contribution >= 4 is 39.0 Å². The molecule has 4 rings (SSSR count). The largest absolute Gasteiger partial charge is 0.305 e. The summed E-state index contributed by atoms with van der Waals surface area (Å²) in [7, 11) is 0. The van der Waals surface area contributed by atoms with Crippen LogP contribution in [0.15, 0.2) is 27.5 Å². The van der Waals surface area contributed by atoms with Crippen molar-refractivity contribution < 1.29 is 4.92 Å². The molecule has 0 bridgehead atoms. The maximum absolute atomic E-state index is 13.0. The SMILES string of the molecule is CCn1c(Sc2ncc([N+](=O)[O-])cn2)nc2sc3c(c2c1=O)CCCC3. The summed E-state index contributed by atoms with van der Waals surface area (Å²) in [6, 6.07) is 0. The number of hydrogen-bond acceptors (Lipinski definition) is 8. The minimum absolute atomic E-state index is 0.0266. The van der Waals surface area contributed by atoms with Gasteiger partial charge in [-0.3, -0.25) is 19.5 Å². The highest BCUT2D eigenvalue weighted by atomic mass is 32.2. The quantitative estimate of drug-likeness (QED) is 0.383. The first-order chi connectivity index (χ1) is 12.6. The molecular weight excluding hydrogens is 374 g/mol. The van der Waals surface area contributed by atoms with Gasteiger partial charge in [-0.2, -0.15) is 0 Å². The molecule has 0 fully saturated rings. The Morgan fingerprint density at radius 2 is 2.04 bits per heavy atom. The van der Waals surface area contributed by atoms with Crippen molar-refractivity contribution in [2.75, 3.05) is 0 Å². The van der Waals surface area contributed by atoms with Gasteiger partial charge in [-0.05, 0) is 49.9 Å². The molecule has 134 valence electrons. The molecule has 0 atom stereocenters. The average molecular weight is 389 g/mol. The van der Waals surface area contributed by atoms with Crippen molar-refractivity contribution in [1.29, 1.82) is 0 Å². The highest BCUT2D eigenvalue weighted by Crippen LogP contribution is 2.35. The number of hydrogen-bond donors (Lipinski definition) is 0. The lowest BCUT2D eigenvalue weighted by Crippen LogP contribution is -2.23. The smallest absolute Gasteiger partial charge is 0.287 e. The van der Waals surface area contributed by atoms with Gasteiger partial charge in [-0.25, -0.2) is 15.0 Å². The molecular formula is C16H15N5O3S2. The summed E-state index contributed by atoms with van der Waals surface area (Å²) in [5.74, 6) is 0. The number of rotatable bonds is 4. The molecule has 0 aliphatic heterocycles. The molecule has 0 saturated heterocycles. The van der Waals surface area contributed by atoms with Crippen LogP contribution in [0.5, 0.6) is 0 Å². The molecule has 0 amide bonds. The fourth-order valence-electron chi connectivity index (χ4n) is 3.11. The van der Waals surface area contributed by atoms with Gasteiger partial charge in [-0.15, -0.1) is 11.3 Å². The monoisotopic (exact) mass is 389 g/mol. The van der Waals surface area contributed by atoms with Crippen molar-refractivity contribution in [3.63, 3.8) is 0 Å². The van der Waals surface area contributed by atoms with Crippen molar-refractivity contribution in [1.82, 2.24) is 19.5 Å². The summed E-state index contributed by atoms with van der Waals surface area (Å²) in [6.07, 6.45) is 6.53. The zero-order valence-electron chi connectivity index (χ0n) is 14.0. The molecule has 26 heavy (non-hydrogen) atoms. The van der Waals surface area contributed by atoms with Gasteiger partial charge in [0.25, 0.3) is 5.56 Å². The van der Waals surface area contributed by atoms with Crippen LogP contribution in [0.25, 0.3) is 10.2 Å². The molecule has 1 aliphatic carbocycles. The first kappa shape index (κ1) is 17.1. The Balaban J connectivity index is 1.79. The Morgan fingerprint density at radius 1 is 1.31 bits per heavy atom. The summed E-state index contributed by atoms with van der Waals surface area (Å²) in [4.78, 5) is 37.9. The standard InChI is InChI=1S/C16H15N5O3S2/c1-2-20-14(22)12-10-5-3-4-6-11(10)25-13(12)19-16(20)26-15-17-7-9(8-18-15)21(23)24/h7-8H,2-6H2,1H3. The fourth-order valence-corrected chi connectivity index (χ4v) is 5.26.